The van der Waals surface area contributed by atoms with E-state index in [1.54, 1.807) is 32.0 Å². The third-order valence-corrected chi connectivity index (χ3v) is 11.8. The summed E-state index contributed by atoms with van der Waals surface area (Å²) in [5.41, 5.74) is -0.0821. The highest BCUT2D eigenvalue weighted by molar-refractivity contribution is 6.00. The summed E-state index contributed by atoms with van der Waals surface area (Å²) in [5.74, 6) is 2.47. The number of halogens is 2. The Hall–Kier alpha value is -4.51. The summed E-state index contributed by atoms with van der Waals surface area (Å²) in [6.45, 7) is 10.3. The van der Waals surface area contributed by atoms with Gasteiger partial charge in [0.1, 0.15) is 30.2 Å². The fraction of sp³-hybridized carbons (Fsp3) is 0.537. The standard InChI is InChI=1S/C41H50F2N6O5/c1-5-31-33(43)11-10-26-19-30(50)20-35(37(26)31)47-16-12-32-34(24-47)45-39(46-38(32)48-15-8-7-9-28(23-48)44-36(51)6-2)54-25-41(40(3,4)52)21-27(42)22-49(41)29-13-17-53-18-14-29/h1,6,10-11,19-20,27-29,50,52H,2,7-9,12-18,21-25H2,3-4H3,(H,44,51)/t27-,28?,41+/m1/s1. The van der Waals surface area contributed by atoms with E-state index < -0.39 is 23.1 Å². The van der Waals surface area contributed by atoms with Gasteiger partial charge in [-0.25, -0.2) is 8.78 Å². The average molecular weight is 745 g/mol. The van der Waals surface area contributed by atoms with Gasteiger partial charge in [0, 0.05) is 80.6 Å². The number of anilines is 2. The second-order valence-electron chi connectivity index (χ2n) is 15.6. The zero-order chi connectivity index (χ0) is 38.2. The summed E-state index contributed by atoms with van der Waals surface area (Å²) < 4.78 is 42.6. The Morgan fingerprint density at radius 3 is 2.72 bits per heavy atom. The first-order valence-corrected chi connectivity index (χ1v) is 19.0. The molecule has 0 bridgehead atoms. The predicted octanol–water partition coefficient (Wildman–Crippen LogP) is 4.79. The zero-order valence-corrected chi connectivity index (χ0v) is 31.1. The van der Waals surface area contributed by atoms with E-state index in [0.717, 1.165) is 37.7 Å². The van der Waals surface area contributed by atoms with Crippen LogP contribution in [0.25, 0.3) is 10.8 Å². The Morgan fingerprint density at radius 2 is 1.98 bits per heavy atom. The molecule has 4 aliphatic heterocycles. The molecule has 0 aliphatic carbocycles. The number of phenolic OH excluding ortho intramolecular Hbond substituents is 1. The lowest BCUT2D eigenvalue weighted by Gasteiger charge is -2.49. The molecule has 3 aromatic rings. The maximum atomic E-state index is 15.5. The lowest BCUT2D eigenvalue weighted by molar-refractivity contribution is -0.119. The summed E-state index contributed by atoms with van der Waals surface area (Å²) in [5, 5.41) is 26.7. The van der Waals surface area contributed by atoms with Crippen molar-refractivity contribution >= 4 is 28.2 Å². The van der Waals surface area contributed by atoms with Gasteiger partial charge < -0.3 is 34.8 Å². The molecule has 288 valence electrons. The number of nitrogens with one attached hydrogen (secondary N) is 1. The van der Waals surface area contributed by atoms with Crippen LogP contribution in [0.15, 0.2) is 36.9 Å². The number of alkyl halides is 1. The predicted molar refractivity (Wildman–Crippen MR) is 203 cm³/mol. The molecule has 11 nitrogen and oxygen atoms in total. The minimum atomic E-state index is -1.33. The number of rotatable bonds is 9. The van der Waals surface area contributed by atoms with Crippen molar-refractivity contribution in [1.29, 1.82) is 0 Å². The SMILES string of the molecule is C#Cc1c(F)ccc2cc(O)cc(N3CCc4c(nc(OC[C@]5(C(C)(C)O)C[C@@H](F)CN5C5CCOCC5)nc4N4CCCCC(NC(=O)C=C)C4)C3)c12. The topological polar surface area (TPSA) is 124 Å². The van der Waals surface area contributed by atoms with Crippen LogP contribution in [0.2, 0.25) is 0 Å². The Kier molecular flexibility index (Phi) is 10.7. The van der Waals surface area contributed by atoms with Gasteiger partial charge in [-0.05, 0) is 76.0 Å². The highest BCUT2D eigenvalue weighted by Gasteiger charge is 2.57. The van der Waals surface area contributed by atoms with Crippen LogP contribution in [-0.2, 0) is 22.5 Å². The van der Waals surface area contributed by atoms with E-state index in [1.807, 2.05) is 4.90 Å². The third-order valence-electron chi connectivity index (χ3n) is 11.8. The molecule has 1 unspecified atom stereocenters. The Bertz CT molecular complexity index is 1940. The smallest absolute Gasteiger partial charge is 0.318 e. The van der Waals surface area contributed by atoms with Crippen LogP contribution in [0.5, 0.6) is 11.8 Å². The molecule has 0 radical (unpaired) electrons. The number of aliphatic hydroxyl groups is 1. The number of carbonyl (C=O) groups excluding carboxylic acids is 1. The van der Waals surface area contributed by atoms with Crippen molar-refractivity contribution in [3.05, 3.63) is 59.6 Å². The Balaban J connectivity index is 1.28. The minimum absolute atomic E-state index is 0.0242. The molecule has 3 N–H and O–H groups in total. The van der Waals surface area contributed by atoms with Crippen LogP contribution < -0.4 is 19.9 Å². The van der Waals surface area contributed by atoms with Gasteiger partial charge in [-0.3, -0.25) is 9.69 Å². The first kappa shape index (κ1) is 37.8. The molecule has 54 heavy (non-hydrogen) atoms. The van der Waals surface area contributed by atoms with E-state index in [4.69, 9.17) is 25.9 Å². The number of likely N-dealkylation sites (tertiary alicyclic amines) is 1. The van der Waals surface area contributed by atoms with E-state index in [1.165, 1.54) is 12.1 Å². The molecule has 13 heteroatoms. The molecule has 7 rings (SSSR count). The van der Waals surface area contributed by atoms with Crippen molar-refractivity contribution in [1.82, 2.24) is 20.2 Å². The number of fused-ring (bicyclic) bond motifs is 2. The van der Waals surface area contributed by atoms with Gasteiger partial charge >= 0.3 is 6.01 Å². The molecule has 4 aliphatic rings. The third kappa shape index (κ3) is 7.31. The number of phenols is 1. The zero-order valence-electron chi connectivity index (χ0n) is 31.1. The second-order valence-corrected chi connectivity index (χ2v) is 15.6. The molecule has 3 fully saturated rings. The second kappa shape index (κ2) is 15.3. The number of terminal acetylenes is 1. The molecule has 2 aromatic carbocycles. The fourth-order valence-corrected chi connectivity index (χ4v) is 8.96. The van der Waals surface area contributed by atoms with Crippen molar-refractivity contribution < 1.29 is 33.3 Å². The number of aromatic hydroxyl groups is 1. The van der Waals surface area contributed by atoms with Crippen LogP contribution in [0.4, 0.5) is 20.3 Å². The number of nitrogens with zero attached hydrogens (tertiary/aromatic N) is 5. The monoisotopic (exact) mass is 744 g/mol. The van der Waals surface area contributed by atoms with Gasteiger partial charge in [-0.1, -0.05) is 18.6 Å². The fourth-order valence-electron chi connectivity index (χ4n) is 8.96. The summed E-state index contributed by atoms with van der Waals surface area (Å²) in [6, 6.07) is 6.06. The van der Waals surface area contributed by atoms with Gasteiger partial charge in [-0.15, -0.1) is 6.42 Å². The minimum Gasteiger partial charge on any atom is -0.508 e. The summed E-state index contributed by atoms with van der Waals surface area (Å²) in [4.78, 5) is 28.6. The molecule has 1 amide bonds. The number of aromatic nitrogens is 2. The van der Waals surface area contributed by atoms with E-state index >= 15 is 8.78 Å². The Morgan fingerprint density at radius 1 is 1.19 bits per heavy atom. The summed E-state index contributed by atoms with van der Waals surface area (Å²) >= 11 is 0. The van der Waals surface area contributed by atoms with Crippen molar-refractivity contribution in [2.75, 3.05) is 55.8 Å². The maximum absolute atomic E-state index is 15.5. The van der Waals surface area contributed by atoms with E-state index in [9.17, 15) is 15.0 Å². The average Bonchev–Trinajstić information content (AvgIpc) is 3.35. The number of hydrogen-bond donors (Lipinski definition) is 3. The molecule has 0 spiro atoms. The van der Waals surface area contributed by atoms with Crippen molar-refractivity contribution in [3.8, 4) is 24.1 Å². The maximum Gasteiger partial charge on any atom is 0.318 e. The van der Waals surface area contributed by atoms with Crippen LogP contribution >= 0.6 is 0 Å². The molecule has 1 aromatic heterocycles. The van der Waals surface area contributed by atoms with E-state index in [2.05, 4.69) is 27.6 Å². The van der Waals surface area contributed by atoms with Crippen LogP contribution in [0, 0.1) is 18.2 Å². The van der Waals surface area contributed by atoms with Crippen LogP contribution in [-0.4, -0.2) is 106 Å². The molecule has 5 heterocycles. The normalized spacial score (nSPS) is 24.1. The molecule has 3 saturated heterocycles. The number of hydrogen-bond acceptors (Lipinski definition) is 10. The summed E-state index contributed by atoms with van der Waals surface area (Å²) in [6.07, 6.45) is 10.6. The first-order chi connectivity index (χ1) is 25.9. The first-order valence-electron chi connectivity index (χ1n) is 19.0. The van der Waals surface area contributed by atoms with Gasteiger partial charge in [0.15, 0.2) is 0 Å². The van der Waals surface area contributed by atoms with Gasteiger partial charge in [0.25, 0.3) is 0 Å². The van der Waals surface area contributed by atoms with Crippen molar-refractivity contribution in [2.24, 2.45) is 0 Å². The highest BCUT2D eigenvalue weighted by Crippen LogP contribution is 2.44. The highest BCUT2D eigenvalue weighted by atomic mass is 19.1. The lowest BCUT2D eigenvalue weighted by atomic mass is 9.79. The van der Waals surface area contributed by atoms with Gasteiger partial charge in [-0.2, -0.15) is 9.97 Å². The molecular formula is C41H50F2N6O5. The number of ether oxygens (including phenoxy) is 2. The number of carbonyl (C=O) groups is 1. The molecular weight excluding hydrogens is 694 g/mol. The Labute approximate surface area is 315 Å². The number of amides is 1. The van der Waals surface area contributed by atoms with Crippen LogP contribution in [0.3, 0.4) is 0 Å². The van der Waals surface area contributed by atoms with Gasteiger partial charge in [0.2, 0.25) is 5.91 Å². The van der Waals surface area contributed by atoms with Crippen molar-refractivity contribution in [2.45, 2.75) is 94.7 Å². The van der Waals surface area contributed by atoms with E-state index in [-0.39, 0.29) is 61.4 Å². The van der Waals surface area contributed by atoms with E-state index in [0.29, 0.717) is 67.2 Å². The number of benzene rings is 2. The molecule has 0 saturated carbocycles. The largest absolute Gasteiger partial charge is 0.508 e. The quantitative estimate of drug-likeness (QED) is 0.208. The van der Waals surface area contributed by atoms with Crippen molar-refractivity contribution in [3.63, 3.8) is 0 Å². The molecule has 3 atom stereocenters. The summed E-state index contributed by atoms with van der Waals surface area (Å²) in [7, 11) is 0. The lowest BCUT2D eigenvalue weighted by Crippen LogP contribution is -2.65. The van der Waals surface area contributed by atoms with Gasteiger partial charge in [0.05, 0.1) is 28.9 Å². The van der Waals surface area contributed by atoms with Crippen LogP contribution in [0.1, 0.15) is 69.2 Å².